The van der Waals surface area contributed by atoms with E-state index < -0.39 is 11.2 Å². The van der Waals surface area contributed by atoms with Crippen molar-refractivity contribution in [2.45, 2.75) is 26.3 Å². The summed E-state index contributed by atoms with van der Waals surface area (Å²) >= 11 is 0. The summed E-state index contributed by atoms with van der Waals surface area (Å²) in [5.74, 6) is 1.06. The van der Waals surface area contributed by atoms with Crippen LogP contribution in [0.4, 0.5) is 4.39 Å². The normalized spacial score (nSPS) is 11.1. The summed E-state index contributed by atoms with van der Waals surface area (Å²) in [6, 6.07) is 16.4. The van der Waals surface area contributed by atoms with Crippen LogP contribution < -0.4 is 14.9 Å². The van der Waals surface area contributed by atoms with E-state index in [0.717, 1.165) is 10.9 Å². The van der Waals surface area contributed by atoms with Crippen molar-refractivity contribution in [2.75, 3.05) is 7.11 Å². The average Bonchev–Trinajstić information content (AvgIpc) is 2.94. The number of carbonyl (C=O) groups is 1. The van der Waals surface area contributed by atoms with Gasteiger partial charge in [0.15, 0.2) is 11.2 Å². The molecule has 8 heteroatoms. The molecule has 0 spiro atoms. The zero-order valence-electron chi connectivity index (χ0n) is 21.7. The Kier molecular flexibility index (Phi) is 7.19. The molecule has 0 saturated carbocycles. The van der Waals surface area contributed by atoms with Crippen LogP contribution >= 0.6 is 0 Å². The lowest BCUT2D eigenvalue weighted by Gasteiger charge is -2.15. The minimum Gasteiger partial charge on any atom is -0.497 e. The third-order valence-corrected chi connectivity index (χ3v) is 6.37. The summed E-state index contributed by atoms with van der Waals surface area (Å²) in [6.07, 6.45) is 6.41. The summed E-state index contributed by atoms with van der Waals surface area (Å²) in [7, 11) is 1.60. The van der Waals surface area contributed by atoms with Crippen LogP contribution in [0.3, 0.4) is 0 Å². The number of ether oxygens (including phenoxy) is 2. The van der Waals surface area contributed by atoms with Gasteiger partial charge in [-0.1, -0.05) is 12.1 Å². The Morgan fingerprint density at radius 3 is 2.44 bits per heavy atom. The van der Waals surface area contributed by atoms with Crippen LogP contribution in [0.15, 0.2) is 90.2 Å². The van der Waals surface area contributed by atoms with Crippen molar-refractivity contribution in [1.82, 2.24) is 14.5 Å². The zero-order valence-corrected chi connectivity index (χ0v) is 21.7. The van der Waals surface area contributed by atoms with Gasteiger partial charge in [-0.3, -0.25) is 19.6 Å². The van der Waals surface area contributed by atoms with Gasteiger partial charge in [0.25, 0.3) is 0 Å². The van der Waals surface area contributed by atoms with Gasteiger partial charge in [0.2, 0.25) is 0 Å². The first-order valence-electron chi connectivity index (χ1n) is 12.4. The molecule has 39 heavy (non-hydrogen) atoms. The molecule has 0 bridgehead atoms. The van der Waals surface area contributed by atoms with Gasteiger partial charge < -0.3 is 14.0 Å². The fraction of sp³-hybridized carbons (Fsp3) is 0.161. The average molecular weight is 524 g/mol. The lowest BCUT2D eigenvalue weighted by atomic mass is 10.0. The number of Topliss-reactive ketones (excluding diaryl/α,β-unsaturated/α-hetero) is 1. The summed E-state index contributed by atoms with van der Waals surface area (Å²) in [6.45, 7) is 3.91. The second-order valence-corrected chi connectivity index (χ2v) is 9.34. The Morgan fingerprint density at radius 1 is 0.974 bits per heavy atom. The molecule has 0 fully saturated rings. The van der Waals surface area contributed by atoms with Gasteiger partial charge in [-0.15, -0.1) is 0 Å². The van der Waals surface area contributed by atoms with Gasteiger partial charge in [-0.05, 0) is 61.9 Å². The quantitative estimate of drug-likeness (QED) is 0.219. The number of fused-ring (bicyclic) bond motifs is 1. The largest absolute Gasteiger partial charge is 0.497 e. The van der Waals surface area contributed by atoms with E-state index in [9.17, 15) is 14.0 Å². The highest BCUT2D eigenvalue weighted by atomic mass is 19.1. The molecule has 3 aromatic heterocycles. The number of pyridine rings is 3. The van der Waals surface area contributed by atoms with E-state index in [-0.39, 0.29) is 23.8 Å². The number of methoxy groups -OCH3 is 1. The molecule has 5 aromatic rings. The van der Waals surface area contributed by atoms with Crippen LogP contribution in [0.25, 0.3) is 22.0 Å². The SMILES string of the molecule is COc1ccc2c(Oc3ccc(CC(=O)c4cn(C(C)C)cc(-c5ccc(F)cc5)c4=O)nc3)ccnc2c1. The molecule has 7 nitrogen and oxygen atoms in total. The third-order valence-electron chi connectivity index (χ3n) is 6.37. The molecule has 2 aromatic carbocycles. The predicted octanol–water partition coefficient (Wildman–Crippen LogP) is 6.40. The first kappa shape index (κ1) is 25.8. The second kappa shape index (κ2) is 10.9. The zero-order chi connectivity index (χ0) is 27.5. The molecule has 0 aliphatic carbocycles. The fourth-order valence-corrected chi connectivity index (χ4v) is 4.21. The maximum Gasteiger partial charge on any atom is 0.200 e. The van der Waals surface area contributed by atoms with Gasteiger partial charge >= 0.3 is 0 Å². The van der Waals surface area contributed by atoms with Gasteiger partial charge in [-0.2, -0.15) is 0 Å². The number of nitrogens with zero attached hydrogens (tertiary/aromatic N) is 3. The highest BCUT2D eigenvalue weighted by Gasteiger charge is 2.18. The first-order valence-corrected chi connectivity index (χ1v) is 12.4. The van der Waals surface area contributed by atoms with E-state index in [0.29, 0.717) is 34.1 Å². The molecule has 3 heterocycles. The Hall–Kier alpha value is -4.85. The Morgan fingerprint density at radius 2 is 1.74 bits per heavy atom. The molecule has 0 aliphatic heterocycles. The van der Waals surface area contributed by atoms with Crippen molar-refractivity contribution in [3.63, 3.8) is 0 Å². The van der Waals surface area contributed by atoms with Crippen LogP contribution in [0.1, 0.15) is 35.9 Å². The molecular formula is C31H26FN3O4. The van der Waals surface area contributed by atoms with Gasteiger partial charge in [0.05, 0.1) is 30.8 Å². The van der Waals surface area contributed by atoms with E-state index >= 15 is 0 Å². The Balaban J connectivity index is 1.38. The number of hydrogen-bond donors (Lipinski definition) is 0. The molecule has 0 unspecified atom stereocenters. The molecule has 0 amide bonds. The standard InChI is InChI=1S/C31H26FN3O4/c1-19(2)35-17-26(20-4-6-21(32)7-5-20)31(37)27(18-35)29(36)14-22-8-9-24(16-34-22)39-30-12-13-33-28-15-23(38-3)10-11-25(28)30/h4-13,15-19H,14H2,1-3H3. The van der Waals surface area contributed by atoms with Gasteiger partial charge in [0, 0.05) is 47.3 Å². The van der Waals surface area contributed by atoms with E-state index in [4.69, 9.17) is 9.47 Å². The number of rotatable bonds is 8. The summed E-state index contributed by atoms with van der Waals surface area (Å²) < 4.78 is 26.6. The molecular weight excluding hydrogens is 497 g/mol. The van der Waals surface area contributed by atoms with Gasteiger partial charge in [0.1, 0.15) is 23.1 Å². The third kappa shape index (κ3) is 5.55. The van der Waals surface area contributed by atoms with E-state index in [1.165, 1.54) is 24.3 Å². The van der Waals surface area contributed by atoms with E-state index in [1.54, 1.807) is 50.1 Å². The maximum absolute atomic E-state index is 13.4. The fourth-order valence-electron chi connectivity index (χ4n) is 4.21. The Bertz CT molecular complexity index is 1710. The molecule has 5 rings (SSSR count). The number of aromatic nitrogens is 3. The Labute approximate surface area is 224 Å². The molecule has 0 N–H and O–H groups in total. The van der Waals surface area contributed by atoms with Crippen molar-refractivity contribution in [3.8, 4) is 28.4 Å². The minimum atomic E-state index is -0.398. The molecule has 0 radical (unpaired) electrons. The summed E-state index contributed by atoms with van der Waals surface area (Å²) in [5, 5.41) is 0.819. The highest BCUT2D eigenvalue weighted by molar-refractivity contribution is 5.98. The second-order valence-electron chi connectivity index (χ2n) is 9.34. The summed E-state index contributed by atoms with van der Waals surface area (Å²) in [5.41, 5.74) is 1.79. The van der Waals surface area contributed by atoms with Crippen molar-refractivity contribution in [1.29, 1.82) is 0 Å². The van der Waals surface area contributed by atoms with Crippen molar-refractivity contribution >= 4 is 16.7 Å². The monoisotopic (exact) mass is 523 g/mol. The molecule has 0 saturated heterocycles. The number of benzene rings is 2. The van der Waals surface area contributed by atoms with Crippen LogP contribution in [-0.4, -0.2) is 27.4 Å². The topological polar surface area (TPSA) is 83.3 Å². The van der Waals surface area contributed by atoms with Crippen LogP contribution in [0.2, 0.25) is 0 Å². The molecule has 0 aliphatic rings. The highest BCUT2D eigenvalue weighted by Crippen LogP contribution is 2.30. The lowest BCUT2D eigenvalue weighted by molar-refractivity contribution is 0.0990. The van der Waals surface area contributed by atoms with Crippen LogP contribution in [-0.2, 0) is 6.42 Å². The summed E-state index contributed by atoms with van der Waals surface area (Å²) in [4.78, 5) is 35.3. The van der Waals surface area contributed by atoms with Crippen LogP contribution in [0.5, 0.6) is 17.2 Å². The maximum atomic E-state index is 13.4. The number of ketones is 1. The predicted molar refractivity (Wildman–Crippen MR) is 147 cm³/mol. The van der Waals surface area contributed by atoms with Crippen LogP contribution in [0, 0.1) is 5.82 Å². The number of hydrogen-bond acceptors (Lipinski definition) is 6. The first-order chi connectivity index (χ1) is 18.8. The van der Waals surface area contributed by atoms with Gasteiger partial charge in [-0.25, -0.2) is 4.39 Å². The van der Waals surface area contributed by atoms with Crippen molar-refractivity contribution < 1.29 is 18.7 Å². The van der Waals surface area contributed by atoms with Crippen molar-refractivity contribution in [2.24, 2.45) is 0 Å². The minimum absolute atomic E-state index is 0.0104. The molecule has 0 atom stereocenters. The van der Waals surface area contributed by atoms with E-state index in [1.807, 2.05) is 36.6 Å². The lowest BCUT2D eigenvalue weighted by Crippen LogP contribution is -2.22. The number of halogens is 1. The molecule has 196 valence electrons. The van der Waals surface area contributed by atoms with E-state index in [2.05, 4.69) is 9.97 Å². The number of carbonyl (C=O) groups excluding carboxylic acids is 1. The van der Waals surface area contributed by atoms with Crippen molar-refractivity contribution in [3.05, 3.63) is 113 Å². The smallest absolute Gasteiger partial charge is 0.200 e.